The Labute approximate surface area is 126 Å². The first-order valence-electron chi connectivity index (χ1n) is 6.10. The third kappa shape index (κ3) is 3.71. The standard InChI is InChI=1S/C16H15BrOS/c1-11-7-9-13(10-8-11)16(18)12(2)19-15-6-4-3-5-14(15)17/h3-10,12H,1-2H3. The molecule has 1 nitrogen and oxygen atoms in total. The van der Waals surface area contributed by atoms with Crippen molar-refractivity contribution in [2.45, 2.75) is 24.0 Å². The molecule has 2 aromatic rings. The maximum absolute atomic E-state index is 12.3. The number of ketones is 1. The van der Waals surface area contributed by atoms with Gasteiger partial charge in [0.1, 0.15) is 0 Å². The molecule has 0 aliphatic carbocycles. The zero-order valence-corrected chi connectivity index (χ0v) is 13.3. The van der Waals surface area contributed by atoms with Crippen LogP contribution in [0, 0.1) is 6.92 Å². The molecule has 1 atom stereocenters. The van der Waals surface area contributed by atoms with Gasteiger partial charge in [0, 0.05) is 14.9 Å². The van der Waals surface area contributed by atoms with E-state index in [0.29, 0.717) is 0 Å². The van der Waals surface area contributed by atoms with E-state index in [9.17, 15) is 4.79 Å². The second-order valence-corrected chi connectivity index (χ2v) is 6.66. The molecule has 0 aliphatic rings. The normalized spacial score (nSPS) is 12.2. The van der Waals surface area contributed by atoms with Crippen LogP contribution in [0.2, 0.25) is 0 Å². The number of hydrogen-bond acceptors (Lipinski definition) is 2. The monoisotopic (exact) mass is 334 g/mol. The van der Waals surface area contributed by atoms with E-state index in [1.165, 1.54) is 5.56 Å². The van der Waals surface area contributed by atoms with Gasteiger partial charge in [-0.1, -0.05) is 42.0 Å². The number of Topliss-reactive ketones (excluding diaryl/α,β-unsaturated/α-hetero) is 1. The van der Waals surface area contributed by atoms with Gasteiger partial charge in [-0.25, -0.2) is 0 Å². The summed E-state index contributed by atoms with van der Waals surface area (Å²) in [7, 11) is 0. The number of hydrogen-bond donors (Lipinski definition) is 0. The van der Waals surface area contributed by atoms with E-state index >= 15 is 0 Å². The van der Waals surface area contributed by atoms with E-state index in [4.69, 9.17) is 0 Å². The Hall–Kier alpha value is -1.06. The third-order valence-electron chi connectivity index (χ3n) is 2.85. The van der Waals surface area contributed by atoms with Crippen LogP contribution in [0.3, 0.4) is 0 Å². The van der Waals surface area contributed by atoms with Gasteiger partial charge in [0.15, 0.2) is 5.78 Å². The highest BCUT2D eigenvalue weighted by atomic mass is 79.9. The number of benzene rings is 2. The summed E-state index contributed by atoms with van der Waals surface area (Å²) in [4.78, 5) is 13.4. The van der Waals surface area contributed by atoms with Crippen LogP contribution in [-0.2, 0) is 0 Å². The van der Waals surface area contributed by atoms with Crippen molar-refractivity contribution in [3.8, 4) is 0 Å². The van der Waals surface area contributed by atoms with Crippen molar-refractivity contribution >= 4 is 33.5 Å². The minimum absolute atomic E-state index is 0.0959. The van der Waals surface area contributed by atoms with E-state index in [2.05, 4.69) is 15.9 Å². The summed E-state index contributed by atoms with van der Waals surface area (Å²) in [6.07, 6.45) is 0. The Bertz CT molecular complexity index is 578. The minimum atomic E-state index is -0.0959. The molecule has 98 valence electrons. The molecular weight excluding hydrogens is 320 g/mol. The summed E-state index contributed by atoms with van der Waals surface area (Å²) in [6, 6.07) is 15.7. The molecule has 19 heavy (non-hydrogen) atoms. The van der Waals surface area contributed by atoms with E-state index in [1.54, 1.807) is 11.8 Å². The minimum Gasteiger partial charge on any atom is -0.293 e. The predicted molar refractivity (Wildman–Crippen MR) is 85.0 cm³/mol. The van der Waals surface area contributed by atoms with Gasteiger partial charge in [-0.15, -0.1) is 11.8 Å². The zero-order chi connectivity index (χ0) is 13.8. The summed E-state index contributed by atoms with van der Waals surface area (Å²) in [5.74, 6) is 0.167. The lowest BCUT2D eigenvalue weighted by molar-refractivity contribution is 0.0994. The summed E-state index contributed by atoms with van der Waals surface area (Å²) in [5.41, 5.74) is 1.94. The zero-order valence-electron chi connectivity index (χ0n) is 10.9. The molecule has 0 bridgehead atoms. The van der Waals surface area contributed by atoms with Gasteiger partial charge >= 0.3 is 0 Å². The molecule has 0 spiro atoms. The third-order valence-corrected chi connectivity index (χ3v) is 4.98. The van der Waals surface area contributed by atoms with E-state index in [0.717, 1.165) is 14.9 Å². The average molecular weight is 335 g/mol. The molecule has 0 amide bonds. The van der Waals surface area contributed by atoms with E-state index in [-0.39, 0.29) is 11.0 Å². The second kappa shape index (κ2) is 6.40. The quantitative estimate of drug-likeness (QED) is 0.570. The molecule has 0 saturated carbocycles. The lowest BCUT2D eigenvalue weighted by Crippen LogP contribution is -2.13. The molecule has 0 aliphatic heterocycles. The Balaban J connectivity index is 2.12. The second-order valence-electron chi connectivity index (χ2n) is 4.42. The van der Waals surface area contributed by atoms with Crippen LogP contribution >= 0.6 is 27.7 Å². The average Bonchev–Trinajstić information content (AvgIpc) is 2.41. The van der Waals surface area contributed by atoms with Crippen LogP contribution < -0.4 is 0 Å². The number of carbonyl (C=O) groups is 1. The van der Waals surface area contributed by atoms with Gasteiger partial charge in [0.05, 0.1) is 5.25 Å². The number of aryl methyl sites for hydroxylation is 1. The molecule has 0 saturated heterocycles. The number of carbonyl (C=O) groups excluding carboxylic acids is 1. The fraction of sp³-hybridized carbons (Fsp3) is 0.188. The van der Waals surface area contributed by atoms with Crippen molar-refractivity contribution < 1.29 is 4.79 Å². The molecule has 0 N–H and O–H groups in total. The van der Waals surface area contributed by atoms with Gasteiger partial charge in [-0.05, 0) is 41.9 Å². The molecule has 0 aromatic heterocycles. The highest BCUT2D eigenvalue weighted by Gasteiger charge is 2.17. The maximum atomic E-state index is 12.3. The number of halogens is 1. The van der Waals surface area contributed by atoms with Gasteiger partial charge in [0.2, 0.25) is 0 Å². The lowest BCUT2D eigenvalue weighted by Gasteiger charge is -2.11. The predicted octanol–water partition coefficient (Wildman–Crippen LogP) is 5.12. The maximum Gasteiger partial charge on any atom is 0.175 e. The number of thioether (sulfide) groups is 1. The molecule has 1 unspecified atom stereocenters. The fourth-order valence-electron chi connectivity index (χ4n) is 1.74. The highest BCUT2D eigenvalue weighted by Crippen LogP contribution is 2.31. The summed E-state index contributed by atoms with van der Waals surface area (Å²) < 4.78 is 1.03. The first-order valence-corrected chi connectivity index (χ1v) is 7.77. The lowest BCUT2D eigenvalue weighted by atomic mass is 10.1. The van der Waals surface area contributed by atoms with Crippen LogP contribution in [0.1, 0.15) is 22.8 Å². The molecule has 0 heterocycles. The largest absolute Gasteiger partial charge is 0.293 e. The Morgan fingerprint density at radius 1 is 1.11 bits per heavy atom. The van der Waals surface area contributed by atoms with Crippen molar-refractivity contribution in [1.82, 2.24) is 0 Å². The highest BCUT2D eigenvalue weighted by molar-refractivity contribution is 9.10. The summed E-state index contributed by atoms with van der Waals surface area (Å²) >= 11 is 5.09. The number of rotatable bonds is 4. The van der Waals surface area contributed by atoms with Crippen LogP contribution in [0.5, 0.6) is 0 Å². The summed E-state index contributed by atoms with van der Waals surface area (Å²) in [5, 5.41) is -0.0959. The van der Waals surface area contributed by atoms with Gasteiger partial charge in [-0.3, -0.25) is 4.79 Å². The molecule has 2 rings (SSSR count). The molecule has 3 heteroatoms. The van der Waals surface area contributed by atoms with Crippen molar-refractivity contribution in [2.75, 3.05) is 0 Å². The van der Waals surface area contributed by atoms with Crippen molar-refractivity contribution in [1.29, 1.82) is 0 Å². The van der Waals surface area contributed by atoms with Gasteiger partial charge < -0.3 is 0 Å². The van der Waals surface area contributed by atoms with Crippen LogP contribution in [0.15, 0.2) is 57.9 Å². The van der Waals surface area contributed by atoms with Crippen molar-refractivity contribution in [3.05, 3.63) is 64.1 Å². The van der Waals surface area contributed by atoms with Gasteiger partial charge in [0.25, 0.3) is 0 Å². The van der Waals surface area contributed by atoms with E-state index in [1.807, 2.05) is 62.4 Å². The van der Waals surface area contributed by atoms with Crippen LogP contribution in [0.25, 0.3) is 0 Å². The Kier molecular flexibility index (Phi) is 4.83. The molecular formula is C16H15BrOS. The molecule has 0 radical (unpaired) electrons. The topological polar surface area (TPSA) is 17.1 Å². The Morgan fingerprint density at radius 3 is 2.37 bits per heavy atom. The van der Waals surface area contributed by atoms with Crippen LogP contribution in [-0.4, -0.2) is 11.0 Å². The first-order chi connectivity index (χ1) is 9.08. The fourth-order valence-corrected chi connectivity index (χ4v) is 3.26. The van der Waals surface area contributed by atoms with Gasteiger partial charge in [-0.2, -0.15) is 0 Å². The van der Waals surface area contributed by atoms with Crippen LogP contribution in [0.4, 0.5) is 0 Å². The SMILES string of the molecule is Cc1ccc(C(=O)C(C)Sc2ccccc2Br)cc1. The summed E-state index contributed by atoms with van der Waals surface area (Å²) in [6.45, 7) is 3.97. The smallest absolute Gasteiger partial charge is 0.175 e. The first kappa shape index (κ1) is 14.4. The van der Waals surface area contributed by atoms with Crippen molar-refractivity contribution in [3.63, 3.8) is 0 Å². The van der Waals surface area contributed by atoms with E-state index < -0.39 is 0 Å². The Morgan fingerprint density at radius 2 is 1.74 bits per heavy atom. The molecule has 2 aromatic carbocycles. The van der Waals surface area contributed by atoms with Crippen molar-refractivity contribution in [2.24, 2.45) is 0 Å². The molecule has 0 fully saturated rings.